The van der Waals surface area contributed by atoms with Gasteiger partial charge in [0.05, 0.1) is 11.5 Å². The molecule has 1 aromatic rings. The van der Waals surface area contributed by atoms with Gasteiger partial charge in [-0.3, -0.25) is 10.1 Å². The average molecular weight is 268 g/mol. The van der Waals surface area contributed by atoms with Crippen molar-refractivity contribution in [1.29, 1.82) is 0 Å². The van der Waals surface area contributed by atoms with Crippen LogP contribution in [0.4, 0.5) is 5.69 Å². The summed E-state index contributed by atoms with van der Waals surface area (Å²) in [6.45, 7) is 5.22. The predicted molar refractivity (Wildman–Crippen MR) is 72.3 cm³/mol. The van der Waals surface area contributed by atoms with Gasteiger partial charge in [-0.05, 0) is 18.1 Å². The minimum atomic E-state index is -0.445. The van der Waals surface area contributed by atoms with E-state index in [0.717, 1.165) is 0 Å². The van der Waals surface area contributed by atoms with Gasteiger partial charge in [0.2, 0.25) is 0 Å². The number of nitrogens with zero attached hydrogens (tertiary/aromatic N) is 1. The van der Waals surface area contributed by atoms with E-state index >= 15 is 0 Å². The molecule has 0 saturated heterocycles. The van der Waals surface area contributed by atoms with Gasteiger partial charge in [0.1, 0.15) is 12.4 Å². The maximum atomic E-state index is 10.5. The van der Waals surface area contributed by atoms with E-state index in [1.165, 1.54) is 12.1 Å². The Hall–Kier alpha value is -1.66. The zero-order chi connectivity index (χ0) is 14.3. The predicted octanol–water partition coefficient (Wildman–Crippen LogP) is 1.58. The molecule has 0 aliphatic rings. The van der Waals surface area contributed by atoms with Crippen LogP contribution in [0.25, 0.3) is 0 Å². The average Bonchev–Trinajstić information content (AvgIpc) is 2.38. The standard InChI is InChI=1S/C13H20N2O4/c1-10(2)13(9-16)14-7-8-19-12-5-3-11(4-6-12)15(17)18/h3-6,10,13-14,16H,7-9H2,1-2H3. The fourth-order valence-corrected chi connectivity index (χ4v) is 1.59. The molecule has 0 amide bonds. The number of aliphatic hydroxyl groups excluding tert-OH is 1. The summed E-state index contributed by atoms with van der Waals surface area (Å²) >= 11 is 0. The highest BCUT2D eigenvalue weighted by Crippen LogP contribution is 2.16. The van der Waals surface area contributed by atoms with Gasteiger partial charge >= 0.3 is 0 Å². The van der Waals surface area contributed by atoms with Crippen molar-refractivity contribution in [3.8, 4) is 5.75 Å². The Bertz CT molecular complexity index is 392. The van der Waals surface area contributed by atoms with Gasteiger partial charge in [-0.15, -0.1) is 0 Å². The lowest BCUT2D eigenvalue weighted by molar-refractivity contribution is -0.384. The van der Waals surface area contributed by atoms with Gasteiger partial charge in [0.15, 0.2) is 0 Å². The van der Waals surface area contributed by atoms with Gasteiger partial charge in [-0.2, -0.15) is 0 Å². The second kappa shape index (κ2) is 7.70. The maximum Gasteiger partial charge on any atom is 0.269 e. The van der Waals surface area contributed by atoms with Gasteiger partial charge in [-0.1, -0.05) is 13.8 Å². The highest BCUT2D eigenvalue weighted by Gasteiger charge is 2.10. The number of hydrogen-bond acceptors (Lipinski definition) is 5. The largest absolute Gasteiger partial charge is 0.492 e. The monoisotopic (exact) mass is 268 g/mol. The van der Waals surface area contributed by atoms with Crippen molar-refractivity contribution in [2.45, 2.75) is 19.9 Å². The Labute approximate surface area is 112 Å². The van der Waals surface area contributed by atoms with Gasteiger partial charge in [-0.25, -0.2) is 0 Å². The van der Waals surface area contributed by atoms with E-state index in [0.29, 0.717) is 24.8 Å². The molecule has 1 unspecified atom stereocenters. The fraction of sp³-hybridized carbons (Fsp3) is 0.538. The molecule has 6 nitrogen and oxygen atoms in total. The van der Waals surface area contributed by atoms with Gasteiger partial charge in [0.25, 0.3) is 5.69 Å². The molecular weight excluding hydrogens is 248 g/mol. The van der Waals surface area contributed by atoms with Crippen LogP contribution in [0.1, 0.15) is 13.8 Å². The normalized spacial score (nSPS) is 12.4. The van der Waals surface area contributed by atoms with Crippen LogP contribution < -0.4 is 10.1 Å². The number of aliphatic hydroxyl groups is 1. The van der Waals surface area contributed by atoms with E-state index in [2.05, 4.69) is 5.32 Å². The Morgan fingerprint density at radius 1 is 1.37 bits per heavy atom. The van der Waals surface area contributed by atoms with Crippen LogP contribution in [0.2, 0.25) is 0 Å². The van der Waals surface area contributed by atoms with Crippen molar-refractivity contribution in [1.82, 2.24) is 5.32 Å². The lowest BCUT2D eigenvalue weighted by atomic mass is 10.1. The van der Waals surface area contributed by atoms with Crippen molar-refractivity contribution < 1.29 is 14.8 Å². The van der Waals surface area contributed by atoms with Crippen molar-refractivity contribution in [3.63, 3.8) is 0 Å². The molecule has 0 aliphatic carbocycles. The summed E-state index contributed by atoms with van der Waals surface area (Å²) in [6, 6.07) is 6.02. The molecule has 0 spiro atoms. The van der Waals surface area contributed by atoms with Crippen LogP contribution in [0.15, 0.2) is 24.3 Å². The molecule has 0 saturated carbocycles. The molecule has 19 heavy (non-hydrogen) atoms. The Morgan fingerprint density at radius 3 is 2.47 bits per heavy atom. The highest BCUT2D eigenvalue weighted by molar-refractivity contribution is 5.35. The minimum Gasteiger partial charge on any atom is -0.492 e. The quantitative estimate of drug-likeness (QED) is 0.425. The first kappa shape index (κ1) is 15.4. The second-order valence-corrected chi connectivity index (χ2v) is 4.59. The first-order valence-electron chi connectivity index (χ1n) is 6.26. The molecule has 106 valence electrons. The van der Waals surface area contributed by atoms with Crippen LogP contribution in [0.3, 0.4) is 0 Å². The molecule has 0 bridgehead atoms. The lowest BCUT2D eigenvalue weighted by Gasteiger charge is -2.19. The number of nitrogens with one attached hydrogen (secondary N) is 1. The molecule has 0 radical (unpaired) electrons. The van der Waals surface area contributed by atoms with Crippen LogP contribution in [0, 0.1) is 16.0 Å². The number of nitro benzene ring substituents is 1. The molecule has 1 aromatic carbocycles. The van der Waals surface area contributed by atoms with Crippen LogP contribution >= 0.6 is 0 Å². The van der Waals surface area contributed by atoms with Crippen LogP contribution in [-0.2, 0) is 0 Å². The molecule has 2 N–H and O–H groups in total. The molecule has 6 heteroatoms. The third-order valence-electron chi connectivity index (χ3n) is 2.83. The summed E-state index contributed by atoms with van der Waals surface area (Å²) in [5, 5.41) is 22.8. The summed E-state index contributed by atoms with van der Waals surface area (Å²) in [5.41, 5.74) is 0.0469. The van der Waals surface area contributed by atoms with E-state index in [1.807, 2.05) is 13.8 Å². The maximum absolute atomic E-state index is 10.5. The molecular formula is C13H20N2O4. The second-order valence-electron chi connectivity index (χ2n) is 4.59. The Balaban J connectivity index is 2.31. The molecule has 0 heterocycles. The van der Waals surface area contributed by atoms with E-state index in [9.17, 15) is 10.1 Å². The number of ether oxygens (including phenoxy) is 1. The topological polar surface area (TPSA) is 84.6 Å². The third kappa shape index (κ3) is 5.23. The summed E-state index contributed by atoms with van der Waals surface area (Å²) in [6.07, 6.45) is 0. The Kier molecular flexibility index (Phi) is 6.24. The van der Waals surface area contributed by atoms with Crippen molar-refractivity contribution in [2.75, 3.05) is 19.8 Å². The number of hydrogen-bond donors (Lipinski definition) is 2. The number of benzene rings is 1. The zero-order valence-corrected chi connectivity index (χ0v) is 11.2. The van der Waals surface area contributed by atoms with Crippen LogP contribution in [0.5, 0.6) is 5.75 Å². The first-order valence-corrected chi connectivity index (χ1v) is 6.26. The SMILES string of the molecule is CC(C)C(CO)NCCOc1ccc([N+](=O)[O-])cc1. The first-order chi connectivity index (χ1) is 9.04. The zero-order valence-electron chi connectivity index (χ0n) is 11.2. The summed E-state index contributed by atoms with van der Waals surface area (Å²) < 4.78 is 5.45. The van der Waals surface area contributed by atoms with E-state index in [4.69, 9.17) is 9.84 Å². The summed E-state index contributed by atoms with van der Waals surface area (Å²) in [4.78, 5) is 10.0. The lowest BCUT2D eigenvalue weighted by Crippen LogP contribution is -2.39. The van der Waals surface area contributed by atoms with Gasteiger partial charge < -0.3 is 15.2 Å². The Morgan fingerprint density at radius 2 is 2.00 bits per heavy atom. The van der Waals surface area contributed by atoms with E-state index in [-0.39, 0.29) is 18.3 Å². The van der Waals surface area contributed by atoms with E-state index in [1.54, 1.807) is 12.1 Å². The molecule has 0 aromatic heterocycles. The van der Waals surface area contributed by atoms with Crippen molar-refractivity contribution in [2.24, 2.45) is 5.92 Å². The number of rotatable bonds is 8. The highest BCUT2D eigenvalue weighted by atomic mass is 16.6. The van der Waals surface area contributed by atoms with E-state index < -0.39 is 4.92 Å². The molecule has 0 aliphatic heterocycles. The van der Waals surface area contributed by atoms with Crippen LogP contribution in [-0.4, -0.2) is 35.8 Å². The molecule has 0 fully saturated rings. The van der Waals surface area contributed by atoms with Crippen molar-refractivity contribution in [3.05, 3.63) is 34.4 Å². The van der Waals surface area contributed by atoms with Crippen molar-refractivity contribution >= 4 is 5.69 Å². The fourth-order valence-electron chi connectivity index (χ4n) is 1.59. The summed E-state index contributed by atoms with van der Waals surface area (Å²) in [7, 11) is 0. The minimum absolute atomic E-state index is 0.0469. The smallest absolute Gasteiger partial charge is 0.269 e. The number of nitro groups is 1. The van der Waals surface area contributed by atoms with Gasteiger partial charge in [0, 0.05) is 24.7 Å². The number of non-ortho nitro benzene ring substituents is 1. The summed E-state index contributed by atoms with van der Waals surface area (Å²) in [5.74, 6) is 0.946. The molecule has 1 atom stereocenters. The third-order valence-corrected chi connectivity index (χ3v) is 2.83. The molecule has 1 rings (SSSR count).